The first-order valence-electron chi connectivity index (χ1n) is 5.60. The molecular formula is C12H15Cl2NO4S. The molecule has 0 heterocycles. The second kappa shape index (κ2) is 5.79. The highest BCUT2D eigenvalue weighted by atomic mass is 35.7. The predicted octanol–water partition coefficient (Wildman–Crippen LogP) is 2.80. The maximum absolute atomic E-state index is 12.2. The Kier molecular flexibility index (Phi) is 4.94. The molecule has 0 aromatic heterocycles. The SMILES string of the molecule is COc1c(C(=O)NC(C)(C)C)cc(Cl)cc1S(=O)(=O)Cl. The molecular weight excluding hydrogens is 325 g/mol. The van der Waals surface area contributed by atoms with Crippen LogP contribution in [-0.2, 0) is 9.05 Å². The van der Waals surface area contributed by atoms with E-state index in [4.69, 9.17) is 27.0 Å². The Bertz CT molecular complexity index is 636. The highest BCUT2D eigenvalue weighted by Gasteiger charge is 2.26. The third kappa shape index (κ3) is 4.26. The second-order valence-electron chi connectivity index (χ2n) is 5.13. The summed E-state index contributed by atoms with van der Waals surface area (Å²) in [6.45, 7) is 5.38. The number of hydrogen-bond donors (Lipinski definition) is 1. The molecule has 0 saturated heterocycles. The summed E-state index contributed by atoms with van der Waals surface area (Å²) in [5.74, 6) is -0.635. The molecule has 1 aromatic carbocycles. The first-order chi connectivity index (χ1) is 8.95. The van der Waals surface area contributed by atoms with Crippen molar-refractivity contribution in [2.45, 2.75) is 31.2 Å². The molecule has 0 aliphatic rings. The average Bonchev–Trinajstić information content (AvgIpc) is 2.24. The summed E-state index contributed by atoms with van der Waals surface area (Å²) in [6.07, 6.45) is 0. The van der Waals surface area contributed by atoms with Gasteiger partial charge in [0.2, 0.25) is 0 Å². The molecule has 1 N–H and O–H groups in total. The number of methoxy groups -OCH3 is 1. The van der Waals surface area contributed by atoms with Crippen LogP contribution in [0.1, 0.15) is 31.1 Å². The minimum absolute atomic E-state index is 0.00847. The maximum atomic E-state index is 12.2. The summed E-state index contributed by atoms with van der Waals surface area (Å²) < 4.78 is 28.1. The van der Waals surface area contributed by atoms with Crippen molar-refractivity contribution < 1.29 is 17.9 Å². The van der Waals surface area contributed by atoms with E-state index in [1.54, 1.807) is 20.8 Å². The molecule has 0 saturated carbocycles. The number of amides is 1. The lowest BCUT2D eigenvalue weighted by Gasteiger charge is -2.21. The fourth-order valence-corrected chi connectivity index (χ4v) is 2.85. The van der Waals surface area contributed by atoms with Gasteiger partial charge in [-0.3, -0.25) is 4.79 Å². The number of halogens is 2. The summed E-state index contributed by atoms with van der Waals surface area (Å²) in [7, 11) is 2.49. The van der Waals surface area contributed by atoms with Crippen LogP contribution in [0.5, 0.6) is 5.75 Å². The van der Waals surface area contributed by atoms with Crippen molar-refractivity contribution in [3.05, 3.63) is 22.7 Å². The van der Waals surface area contributed by atoms with E-state index in [0.29, 0.717) is 0 Å². The fraction of sp³-hybridized carbons (Fsp3) is 0.417. The minimum atomic E-state index is -4.09. The Morgan fingerprint density at radius 1 is 1.30 bits per heavy atom. The Balaban J connectivity index is 3.48. The standard InChI is InChI=1S/C12H15Cl2NO4S/c1-12(2,3)15-11(16)8-5-7(13)6-9(10(8)19-4)20(14,17)18/h5-6H,1-4H3,(H,15,16). The van der Waals surface area contributed by atoms with Gasteiger partial charge in [-0.15, -0.1) is 0 Å². The van der Waals surface area contributed by atoms with Crippen LogP contribution in [0.4, 0.5) is 0 Å². The lowest BCUT2D eigenvalue weighted by molar-refractivity contribution is 0.0916. The van der Waals surface area contributed by atoms with Crippen molar-refractivity contribution in [1.29, 1.82) is 0 Å². The first-order valence-corrected chi connectivity index (χ1v) is 8.29. The molecule has 0 unspecified atom stereocenters. The van der Waals surface area contributed by atoms with Crippen molar-refractivity contribution in [3.8, 4) is 5.75 Å². The van der Waals surface area contributed by atoms with Crippen molar-refractivity contribution in [3.63, 3.8) is 0 Å². The van der Waals surface area contributed by atoms with Crippen LogP contribution in [0.25, 0.3) is 0 Å². The Morgan fingerprint density at radius 2 is 1.85 bits per heavy atom. The number of hydrogen-bond acceptors (Lipinski definition) is 4. The van der Waals surface area contributed by atoms with Crippen molar-refractivity contribution >= 4 is 37.2 Å². The van der Waals surface area contributed by atoms with E-state index in [2.05, 4.69) is 5.32 Å². The van der Waals surface area contributed by atoms with Crippen LogP contribution < -0.4 is 10.1 Å². The van der Waals surface area contributed by atoms with Gasteiger partial charge in [-0.25, -0.2) is 8.42 Å². The van der Waals surface area contributed by atoms with Gasteiger partial charge in [-0.2, -0.15) is 0 Å². The van der Waals surface area contributed by atoms with Crippen LogP contribution in [0.15, 0.2) is 17.0 Å². The van der Waals surface area contributed by atoms with Gasteiger partial charge in [0.05, 0.1) is 12.7 Å². The predicted molar refractivity (Wildman–Crippen MR) is 78.3 cm³/mol. The summed E-state index contributed by atoms with van der Waals surface area (Å²) in [6, 6.07) is 2.46. The number of nitrogens with one attached hydrogen (secondary N) is 1. The number of carbonyl (C=O) groups excluding carboxylic acids is 1. The van der Waals surface area contributed by atoms with Crippen molar-refractivity contribution in [2.24, 2.45) is 0 Å². The van der Waals surface area contributed by atoms with E-state index in [-0.39, 0.29) is 21.2 Å². The van der Waals surface area contributed by atoms with Gasteiger partial charge in [0.25, 0.3) is 15.0 Å². The number of rotatable bonds is 3. The molecule has 0 atom stereocenters. The van der Waals surface area contributed by atoms with Crippen LogP contribution in [0.3, 0.4) is 0 Å². The summed E-state index contributed by atoms with van der Waals surface area (Å²) in [5, 5.41) is 2.77. The largest absolute Gasteiger partial charge is 0.494 e. The third-order valence-electron chi connectivity index (χ3n) is 2.22. The molecule has 1 amide bonds. The zero-order chi connectivity index (χ0) is 15.7. The summed E-state index contributed by atoms with van der Waals surface area (Å²) in [5.41, 5.74) is -0.487. The van der Waals surface area contributed by atoms with E-state index in [9.17, 15) is 13.2 Å². The van der Waals surface area contributed by atoms with Gasteiger partial charge in [-0.1, -0.05) is 11.6 Å². The van der Waals surface area contributed by atoms with Crippen LogP contribution in [0.2, 0.25) is 5.02 Å². The highest BCUT2D eigenvalue weighted by molar-refractivity contribution is 8.13. The number of ether oxygens (including phenoxy) is 1. The summed E-state index contributed by atoms with van der Waals surface area (Å²) >= 11 is 5.84. The fourth-order valence-electron chi connectivity index (χ4n) is 1.54. The molecule has 8 heteroatoms. The molecule has 0 aliphatic carbocycles. The molecule has 1 rings (SSSR count). The molecule has 0 fully saturated rings. The zero-order valence-corrected chi connectivity index (χ0v) is 13.8. The van der Waals surface area contributed by atoms with Gasteiger partial charge in [0.15, 0.2) is 5.75 Å². The lowest BCUT2D eigenvalue weighted by atomic mass is 10.1. The van der Waals surface area contributed by atoms with E-state index >= 15 is 0 Å². The minimum Gasteiger partial charge on any atom is -0.494 e. The normalized spacial score (nSPS) is 12.1. The molecule has 5 nitrogen and oxygen atoms in total. The third-order valence-corrected chi connectivity index (χ3v) is 3.77. The number of benzene rings is 1. The van der Waals surface area contributed by atoms with Crippen molar-refractivity contribution in [1.82, 2.24) is 5.32 Å². The lowest BCUT2D eigenvalue weighted by Crippen LogP contribution is -2.40. The van der Waals surface area contributed by atoms with Gasteiger partial charge in [-0.05, 0) is 32.9 Å². The Labute approximate surface area is 127 Å². The molecule has 20 heavy (non-hydrogen) atoms. The monoisotopic (exact) mass is 339 g/mol. The smallest absolute Gasteiger partial charge is 0.265 e. The molecule has 0 bridgehead atoms. The van der Waals surface area contributed by atoms with Crippen LogP contribution in [-0.4, -0.2) is 27.0 Å². The van der Waals surface area contributed by atoms with Crippen LogP contribution >= 0.6 is 22.3 Å². The van der Waals surface area contributed by atoms with E-state index < -0.39 is 20.5 Å². The topological polar surface area (TPSA) is 72.5 Å². The van der Waals surface area contributed by atoms with Crippen molar-refractivity contribution in [2.75, 3.05) is 7.11 Å². The van der Waals surface area contributed by atoms with E-state index in [0.717, 1.165) is 6.07 Å². The van der Waals surface area contributed by atoms with E-state index in [1.165, 1.54) is 13.2 Å². The van der Waals surface area contributed by atoms with Gasteiger partial charge < -0.3 is 10.1 Å². The Morgan fingerprint density at radius 3 is 2.25 bits per heavy atom. The first kappa shape index (κ1) is 17.1. The van der Waals surface area contributed by atoms with E-state index in [1.807, 2.05) is 0 Å². The molecule has 112 valence electrons. The molecule has 0 spiro atoms. The quantitative estimate of drug-likeness (QED) is 0.859. The highest BCUT2D eigenvalue weighted by Crippen LogP contribution is 2.34. The molecule has 1 aromatic rings. The van der Waals surface area contributed by atoms with Gasteiger partial charge in [0.1, 0.15) is 4.90 Å². The maximum Gasteiger partial charge on any atom is 0.265 e. The van der Waals surface area contributed by atoms with Crippen LogP contribution in [0, 0.1) is 0 Å². The molecule has 0 radical (unpaired) electrons. The number of carbonyl (C=O) groups is 1. The van der Waals surface area contributed by atoms with Gasteiger partial charge in [0, 0.05) is 21.2 Å². The molecule has 0 aliphatic heterocycles. The zero-order valence-electron chi connectivity index (χ0n) is 11.5. The second-order valence-corrected chi connectivity index (χ2v) is 8.10. The average molecular weight is 340 g/mol. The Hall–Kier alpha value is -0.980. The van der Waals surface area contributed by atoms with Gasteiger partial charge >= 0.3 is 0 Å². The summed E-state index contributed by atoms with van der Waals surface area (Å²) in [4.78, 5) is 11.8.